The smallest absolute Gasteiger partial charge is 0.241 e. The van der Waals surface area contributed by atoms with Gasteiger partial charge >= 0.3 is 0 Å². The number of methoxy groups -OCH3 is 1. The van der Waals surface area contributed by atoms with Gasteiger partial charge in [0.1, 0.15) is 17.8 Å². The van der Waals surface area contributed by atoms with E-state index in [1.807, 2.05) is 0 Å². The lowest BCUT2D eigenvalue weighted by molar-refractivity contribution is -0.117. The number of nitrogens with zero attached hydrogens (tertiary/aromatic N) is 4. The van der Waals surface area contributed by atoms with E-state index in [1.54, 1.807) is 25.3 Å². The highest BCUT2D eigenvalue weighted by molar-refractivity contribution is 5.95. The highest BCUT2D eigenvalue weighted by atomic mass is 16.5. The summed E-state index contributed by atoms with van der Waals surface area (Å²) in [5.41, 5.74) is 1.35. The van der Waals surface area contributed by atoms with Gasteiger partial charge in [-0.25, -0.2) is 0 Å². The van der Waals surface area contributed by atoms with Crippen LogP contribution in [0.3, 0.4) is 0 Å². The Balaban J connectivity index is 1.83. The molecule has 2 heterocycles. The molecule has 0 bridgehead atoms. The fourth-order valence-electron chi connectivity index (χ4n) is 2.36. The molecule has 1 aliphatic heterocycles. The third kappa shape index (κ3) is 2.84. The Morgan fingerprint density at radius 3 is 3.10 bits per heavy atom. The van der Waals surface area contributed by atoms with Crippen molar-refractivity contribution in [2.45, 2.75) is 18.9 Å². The molecule has 21 heavy (non-hydrogen) atoms. The number of benzene rings is 1. The molecule has 8 nitrogen and oxygen atoms in total. The van der Waals surface area contributed by atoms with Gasteiger partial charge in [-0.05, 0) is 48.0 Å². The molecule has 1 fully saturated rings. The summed E-state index contributed by atoms with van der Waals surface area (Å²) >= 11 is 0. The Labute approximate surface area is 121 Å². The molecule has 1 unspecified atom stereocenters. The SMILES string of the molecule is COc1ccc(NC(=O)C2CCCN2)cc1-n1cnnn1. The van der Waals surface area contributed by atoms with E-state index < -0.39 is 0 Å². The summed E-state index contributed by atoms with van der Waals surface area (Å²) in [5.74, 6) is 0.597. The number of tetrazole rings is 1. The van der Waals surface area contributed by atoms with Crippen molar-refractivity contribution in [3.63, 3.8) is 0 Å². The monoisotopic (exact) mass is 288 g/mol. The number of hydrogen-bond donors (Lipinski definition) is 2. The lowest BCUT2D eigenvalue weighted by atomic mass is 10.2. The summed E-state index contributed by atoms with van der Waals surface area (Å²) in [7, 11) is 1.57. The molecule has 0 saturated carbocycles. The Morgan fingerprint density at radius 2 is 2.43 bits per heavy atom. The number of hydrogen-bond acceptors (Lipinski definition) is 6. The Morgan fingerprint density at radius 1 is 1.52 bits per heavy atom. The second-order valence-electron chi connectivity index (χ2n) is 4.78. The summed E-state index contributed by atoms with van der Waals surface area (Å²) < 4.78 is 6.78. The number of ether oxygens (including phenoxy) is 1. The molecule has 1 aromatic heterocycles. The van der Waals surface area contributed by atoms with E-state index >= 15 is 0 Å². The number of anilines is 1. The molecule has 0 radical (unpaired) electrons. The van der Waals surface area contributed by atoms with Crippen molar-refractivity contribution in [3.05, 3.63) is 24.5 Å². The zero-order chi connectivity index (χ0) is 14.7. The molecule has 2 aromatic rings. The molecule has 1 atom stereocenters. The molecule has 110 valence electrons. The average Bonchev–Trinajstić information content (AvgIpc) is 3.20. The molecule has 1 amide bonds. The minimum atomic E-state index is -0.122. The summed E-state index contributed by atoms with van der Waals surface area (Å²) in [6, 6.07) is 5.22. The van der Waals surface area contributed by atoms with Crippen molar-refractivity contribution in [2.24, 2.45) is 0 Å². The van der Waals surface area contributed by atoms with Gasteiger partial charge in [0.2, 0.25) is 5.91 Å². The molecular formula is C13H16N6O2. The number of amides is 1. The van der Waals surface area contributed by atoms with Crippen LogP contribution < -0.4 is 15.4 Å². The largest absolute Gasteiger partial charge is 0.494 e. The molecule has 8 heteroatoms. The van der Waals surface area contributed by atoms with Crippen LogP contribution in [-0.4, -0.2) is 45.8 Å². The van der Waals surface area contributed by atoms with Gasteiger partial charge in [-0.2, -0.15) is 4.68 Å². The second-order valence-corrected chi connectivity index (χ2v) is 4.78. The first-order valence-electron chi connectivity index (χ1n) is 6.73. The van der Waals surface area contributed by atoms with E-state index in [9.17, 15) is 4.79 Å². The van der Waals surface area contributed by atoms with Gasteiger partial charge < -0.3 is 15.4 Å². The highest BCUT2D eigenvalue weighted by Crippen LogP contribution is 2.25. The van der Waals surface area contributed by atoms with Crippen LogP contribution in [0.4, 0.5) is 5.69 Å². The molecule has 0 spiro atoms. The number of carbonyl (C=O) groups excluding carboxylic acids is 1. The zero-order valence-electron chi connectivity index (χ0n) is 11.6. The number of rotatable bonds is 4. The van der Waals surface area contributed by atoms with Gasteiger partial charge in [0, 0.05) is 5.69 Å². The number of carbonyl (C=O) groups is 1. The van der Waals surface area contributed by atoms with Crippen LogP contribution in [0.25, 0.3) is 5.69 Å². The lowest BCUT2D eigenvalue weighted by Crippen LogP contribution is -2.35. The quantitative estimate of drug-likeness (QED) is 0.843. The van der Waals surface area contributed by atoms with Crippen LogP contribution in [0, 0.1) is 0 Å². The first-order valence-corrected chi connectivity index (χ1v) is 6.73. The minimum absolute atomic E-state index is 0.0275. The molecule has 0 aliphatic carbocycles. The van der Waals surface area contributed by atoms with Crippen LogP contribution in [0.1, 0.15) is 12.8 Å². The van der Waals surface area contributed by atoms with E-state index in [1.165, 1.54) is 11.0 Å². The topological polar surface area (TPSA) is 94.0 Å². The normalized spacial score (nSPS) is 17.7. The van der Waals surface area contributed by atoms with Crippen LogP contribution in [0.5, 0.6) is 5.75 Å². The third-order valence-electron chi connectivity index (χ3n) is 3.42. The predicted molar refractivity (Wildman–Crippen MR) is 75.4 cm³/mol. The molecule has 3 rings (SSSR count). The maximum absolute atomic E-state index is 12.1. The molecule has 1 saturated heterocycles. The van der Waals surface area contributed by atoms with E-state index in [2.05, 4.69) is 26.2 Å². The van der Waals surface area contributed by atoms with Gasteiger partial charge in [-0.3, -0.25) is 4.79 Å². The van der Waals surface area contributed by atoms with Gasteiger partial charge in [0.15, 0.2) is 0 Å². The zero-order valence-corrected chi connectivity index (χ0v) is 11.6. The second kappa shape index (κ2) is 5.88. The van der Waals surface area contributed by atoms with E-state index in [0.717, 1.165) is 19.4 Å². The van der Waals surface area contributed by atoms with Crippen molar-refractivity contribution in [2.75, 3.05) is 19.0 Å². The first-order chi connectivity index (χ1) is 10.3. The van der Waals surface area contributed by atoms with E-state index in [-0.39, 0.29) is 11.9 Å². The summed E-state index contributed by atoms with van der Waals surface area (Å²) in [5, 5.41) is 17.1. The summed E-state index contributed by atoms with van der Waals surface area (Å²) in [6.07, 6.45) is 3.36. The molecule has 2 N–H and O–H groups in total. The average molecular weight is 288 g/mol. The van der Waals surface area contributed by atoms with Crippen LogP contribution in [0.15, 0.2) is 24.5 Å². The van der Waals surface area contributed by atoms with Crippen LogP contribution in [0.2, 0.25) is 0 Å². The lowest BCUT2D eigenvalue weighted by Gasteiger charge is -2.13. The molecule has 1 aromatic carbocycles. The highest BCUT2D eigenvalue weighted by Gasteiger charge is 2.22. The fraction of sp³-hybridized carbons (Fsp3) is 0.385. The Kier molecular flexibility index (Phi) is 3.78. The van der Waals surface area contributed by atoms with Gasteiger partial charge in [-0.1, -0.05) is 0 Å². The van der Waals surface area contributed by atoms with Gasteiger partial charge in [0.25, 0.3) is 0 Å². The van der Waals surface area contributed by atoms with Crippen molar-refractivity contribution < 1.29 is 9.53 Å². The fourth-order valence-corrected chi connectivity index (χ4v) is 2.36. The summed E-state index contributed by atoms with van der Waals surface area (Å²) in [4.78, 5) is 12.1. The summed E-state index contributed by atoms with van der Waals surface area (Å²) in [6.45, 7) is 0.885. The maximum Gasteiger partial charge on any atom is 0.241 e. The minimum Gasteiger partial charge on any atom is -0.494 e. The van der Waals surface area contributed by atoms with E-state index in [0.29, 0.717) is 17.1 Å². The number of nitrogens with one attached hydrogen (secondary N) is 2. The van der Waals surface area contributed by atoms with Crippen molar-refractivity contribution in [1.82, 2.24) is 25.5 Å². The third-order valence-corrected chi connectivity index (χ3v) is 3.42. The Bertz CT molecular complexity index is 622. The van der Waals surface area contributed by atoms with Crippen LogP contribution in [-0.2, 0) is 4.79 Å². The molecule has 1 aliphatic rings. The van der Waals surface area contributed by atoms with Crippen molar-refractivity contribution in [1.29, 1.82) is 0 Å². The van der Waals surface area contributed by atoms with E-state index in [4.69, 9.17) is 4.74 Å². The first kappa shape index (κ1) is 13.5. The van der Waals surface area contributed by atoms with Gasteiger partial charge in [-0.15, -0.1) is 5.10 Å². The predicted octanol–water partition coefficient (Wildman–Crippen LogP) is 0.361. The van der Waals surface area contributed by atoms with Crippen LogP contribution >= 0.6 is 0 Å². The van der Waals surface area contributed by atoms with Gasteiger partial charge in [0.05, 0.1) is 13.2 Å². The standard InChI is InChI=1S/C13H16N6O2/c1-21-12-5-4-9(7-11(12)19-8-15-17-18-19)16-13(20)10-3-2-6-14-10/h4-5,7-8,10,14H,2-3,6H2,1H3,(H,16,20). The Hall–Kier alpha value is -2.48. The maximum atomic E-state index is 12.1. The molecular weight excluding hydrogens is 272 g/mol. The number of aromatic nitrogens is 4. The van der Waals surface area contributed by atoms with Crippen molar-refractivity contribution >= 4 is 11.6 Å². The van der Waals surface area contributed by atoms with Crippen molar-refractivity contribution in [3.8, 4) is 11.4 Å².